The van der Waals surface area contributed by atoms with Crippen molar-refractivity contribution in [3.63, 3.8) is 0 Å². The summed E-state index contributed by atoms with van der Waals surface area (Å²) >= 11 is 0. The number of rotatable bonds is 18. The molecular weight excluding hydrogens is 307 g/mol. The molecule has 0 amide bonds. The first-order chi connectivity index (χ1) is 11.2. The lowest BCUT2D eigenvalue weighted by atomic mass is 10.1. The van der Waals surface area contributed by atoms with Crippen molar-refractivity contribution in [3.05, 3.63) is 0 Å². The second kappa shape index (κ2) is 17.0. The van der Waals surface area contributed by atoms with Gasteiger partial charge in [0.15, 0.2) is 0 Å². The largest absolute Gasteiger partial charge is 0.330 e. The molecule has 0 unspecified atom stereocenters. The van der Waals surface area contributed by atoms with Crippen LogP contribution < -0.4 is 0 Å². The van der Waals surface area contributed by atoms with E-state index in [1.165, 1.54) is 32.1 Å². The lowest BCUT2D eigenvalue weighted by Gasteiger charge is -2.18. The Balaban J connectivity index is 3.96. The van der Waals surface area contributed by atoms with E-state index in [1.807, 2.05) is 0 Å². The third-order valence-corrected chi connectivity index (χ3v) is 6.12. The first-order valence-corrected chi connectivity index (χ1v) is 11.8. The lowest BCUT2D eigenvalue weighted by Crippen LogP contribution is -2.03. The number of unbranched alkanes of at least 4 members (excludes halogenated alkanes) is 10. The van der Waals surface area contributed by atoms with Crippen LogP contribution in [0.4, 0.5) is 0 Å². The second-order valence-electron chi connectivity index (χ2n) is 6.54. The fourth-order valence-electron chi connectivity index (χ4n) is 2.54. The van der Waals surface area contributed by atoms with Gasteiger partial charge in [-0.2, -0.15) is 0 Å². The maximum atomic E-state index is 12.8. The Morgan fingerprint density at radius 1 is 0.565 bits per heavy atom. The van der Waals surface area contributed by atoms with E-state index in [4.69, 9.17) is 9.05 Å². The Labute approximate surface area is 145 Å². The Morgan fingerprint density at radius 2 is 0.957 bits per heavy atom. The minimum absolute atomic E-state index is 0.579. The Hall–Kier alpha value is 0.150. The quantitative estimate of drug-likeness (QED) is 0.192. The van der Waals surface area contributed by atoms with E-state index in [9.17, 15) is 4.57 Å². The van der Waals surface area contributed by atoms with Crippen molar-refractivity contribution in [1.29, 1.82) is 0 Å². The third-order valence-electron chi connectivity index (χ3n) is 4.11. The van der Waals surface area contributed by atoms with Gasteiger partial charge in [0.1, 0.15) is 0 Å². The second-order valence-corrected chi connectivity index (χ2v) is 8.72. The standard InChI is InChI=1S/C19H41O3P/c1-4-7-10-11-12-13-16-19-23(20,21-17-14-8-5-2)22-18-15-9-6-3/h4-19H2,1-3H3. The molecular formula is C19H41O3P. The zero-order valence-electron chi connectivity index (χ0n) is 16.0. The van der Waals surface area contributed by atoms with E-state index in [1.54, 1.807) is 0 Å². The van der Waals surface area contributed by atoms with Crippen molar-refractivity contribution < 1.29 is 13.6 Å². The molecule has 0 bridgehead atoms. The van der Waals surface area contributed by atoms with Gasteiger partial charge in [-0.1, -0.05) is 85.0 Å². The lowest BCUT2D eigenvalue weighted by molar-refractivity contribution is 0.197. The summed E-state index contributed by atoms with van der Waals surface area (Å²) in [5, 5.41) is 0. The van der Waals surface area contributed by atoms with Crippen molar-refractivity contribution in [2.75, 3.05) is 19.4 Å². The summed E-state index contributed by atoms with van der Waals surface area (Å²) in [5.41, 5.74) is 0. The zero-order chi connectivity index (χ0) is 17.2. The van der Waals surface area contributed by atoms with Crippen molar-refractivity contribution >= 4 is 7.60 Å². The van der Waals surface area contributed by atoms with Crippen LogP contribution in [-0.4, -0.2) is 19.4 Å². The van der Waals surface area contributed by atoms with Crippen LogP contribution in [0.2, 0.25) is 0 Å². The first kappa shape index (κ1) is 23.1. The molecule has 140 valence electrons. The first-order valence-electron chi connectivity index (χ1n) is 10.1. The average molecular weight is 349 g/mol. The van der Waals surface area contributed by atoms with E-state index in [0.29, 0.717) is 19.4 Å². The van der Waals surface area contributed by atoms with Crippen LogP contribution >= 0.6 is 7.60 Å². The molecule has 0 saturated heterocycles. The SMILES string of the molecule is CCCCCCCCCP(=O)(OCCCCC)OCCCCC. The number of hydrogen-bond acceptors (Lipinski definition) is 3. The Kier molecular flexibility index (Phi) is 17.1. The Morgan fingerprint density at radius 3 is 1.43 bits per heavy atom. The van der Waals surface area contributed by atoms with Gasteiger partial charge >= 0.3 is 7.60 Å². The molecule has 0 N–H and O–H groups in total. The third kappa shape index (κ3) is 15.4. The molecule has 0 aromatic heterocycles. The number of hydrogen-bond donors (Lipinski definition) is 0. The highest BCUT2D eigenvalue weighted by Gasteiger charge is 2.23. The molecule has 0 aliphatic rings. The van der Waals surface area contributed by atoms with Gasteiger partial charge in [0.05, 0.1) is 19.4 Å². The fraction of sp³-hybridized carbons (Fsp3) is 1.00. The molecule has 0 radical (unpaired) electrons. The maximum absolute atomic E-state index is 12.8. The molecule has 0 saturated carbocycles. The maximum Gasteiger partial charge on any atom is 0.330 e. The summed E-state index contributed by atoms with van der Waals surface area (Å²) in [6.07, 6.45) is 15.7. The van der Waals surface area contributed by atoms with Gasteiger partial charge < -0.3 is 9.05 Å². The van der Waals surface area contributed by atoms with E-state index in [-0.39, 0.29) is 0 Å². The van der Waals surface area contributed by atoms with E-state index >= 15 is 0 Å². The van der Waals surface area contributed by atoms with Gasteiger partial charge in [-0.25, -0.2) is 0 Å². The molecule has 0 spiro atoms. The van der Waals surface area contributed by atoms with Crippen LogP contribution in [0.5, 0.6) is 0 Å². The topological polar surface area (TPSA) is 35.5 Å². The van der Waals surface area contributed by atoms with Gasteiger partial charge in [0.25, 0.3) is 0 Å². The summed E-state index contributed by atoms with van der Waals surface area (Å²) in [7, 11) is -2.86. The van der Waals surface area contributed by atoms with Crippen molar-refractivity contribution in [2.24, 2.45) is 0 Å². The smallest absolute Gasteiger partial charge is 0.309 e. The predicted molar refractivity (Wildman–Crippen MR) is 101 cm³/mol. The van der Waals surface area contributed by atoms with E-state index in [0.717, 1.165) is 51.4 Å². The van der Waals surface area contributed by atoms with E-state index < -0.39 is 7.60 Å². The predicted octanol–water partition coefficient (Wildman–Crippen LogP) is 7.34. The van der Waals surface area contributed by atoms with Gasteiger partial charge in [0, 0.05) is 0 Å². The highest BCUT2D eigenvalue weighted by Crippen LogP contribution is 2.49. The van der Waals surface area contributed by atoms with Gasteiger partial charge in [0.2, 0.25) is 0 Å². The summed E-state index contributed by atoms with van der Waals surface area (Å²) in [6.45, 7) is 7.73. The summed E-state index contributed by atoms with van der Waals surface area (Å²) in [6, 6.07) is 0. The molecule has 0 rings (SSSR count). The minimum atomic E-state index is -2.86. The van der Waals surface area contributed by atoms with Crippen LogP contribution in [0.25, 0.3) is 0 Å². The van der Waals surface area contributed by atoms with Crippen molar-refractivity contribution in [2.45, 2.75) is 104 Å². The normalized spacial score (nSPS) is 12.0. The van der Waals surface area contributed by atoms with Gasteiger partial charge in [-0.05, 0) is 19.3 Å². The molecule has 0 atom stereocenters. The minimum Gasteiger partial charge on any atom is -0.309 e. The van der Waals surface area contributed by atoms with Crippen molar-refractivity contribution in [1.82, 2.24) is 0 Å². The highest BCUT2D eigenvalue weighted by molar-refractivity contribution is 7.53. The molecule has 23 heavy (non-hydrogen) atoms. The van der Waals surface area contributed by atoms with E-state index in [2.05, 4.69) is 20.8 Å². The molecule has 3 nitrogen and oxygen atoms in total. The molecule has 0 aromatic carbocycles. The molecule has 0 aliphatic carbocycles. The van der Waals surface area contributed by atoms with Crippen LogP contribution in [0.3, 0.4) is 0 Å². The van der Waals surface area contributed by atoms with Crippen LogP contribution in [0.15, 0.2) is 0 Å². The molecule has 0 aromatic rings. The van der Waals surface area contributed by atoms with Crippen LogP contribution in [-0.2, 0) is 13.6 Å². The van der Waals surface area contributed by atoms with Crippen molar-refractivity contribution in [3.8, 4) is 0 Å². The van der Waals surface area contributed by atoms with Gasteiger partial charge in [-0.15, -0.1) is 0 Å². The molecule has 0 heterocycles. The average Bonchev–Trinajstić information content (AvgIpc) is 2.55. The summed E-state index contributed by atoms with van der Waals surface area (Å²) in [5.74, 6) is 0. The van der Waals surface area contributed by atoms with Crippen LogP contribution in [0, 0.1) is 0 Å². The highest BCUT2D eigenvalue weighted by atomic mass is 31.2. The summed E-state index contributed by atoms with van der Waals surface area (Å²) in [4.78, 5) is 0. The molecule has 0 fully saturated rings. The monoisotopic (exact) mass is 348 g/mol. The fourth-order valence-corrected chi connectivity index (χ4v) is 4.30. The van der Waals surface area contributed by atoms with Crippen LogP contribution in [0.1, 0.15) is 104 Å². The molecule has 0 aliphatic heterocycles. The molecule has 4 heteroatoms. The Bertz CT molecular complexity index is 266. The van der Waals surface area contributed by atoms with Gasteiger partial charge in [-0.3, -0.25) is 4.57 Å². The zero-order valence-corrected chi connectivity index (χ0v) is 16.9. The summed E-state index contributed by atoms with van der Waals surface area (Å²) < 4.78 is 24.2.